The molecule has 242 valence electrons. The normalized spacial score (nSPS) is 16.8. The Morgan fingerprint density at radius 2 is 1.37 bits per heavy atom. The van der Waals surface area contributed by atoms with Crippen LogP contribution in [-0.4, -0.2) is 38.0 Å². The lowest BCUT2D eigenvalue weighted by atomic mass is 9.73. The Hall–Kier alpha value is -3.03. The summed E-state index contributed by atoms with van der Waals surface area (Å²) in [4.78, 5) is 31.0. The van der Waals surface area contributed by atoms with Gasteiger partial charge in [-0.05, 0) is 52.2 Å². The molecule has 2 atom stereocenters. The lowest BCUT2D eigenvalue weighted by Gasteiger charge is -2.34. The molecule has 0 radical (unpaired) electrons. The van der Waals surface area contributed by atoms with E-state index in [4.69, 9.17) is 25.7 Å². The van der Waals surface area contributed by atoms with Crippen molar-refractivity contribution in [2.45, 2.75) is 137 Å². The van der Waals surface area contributed by atoms with E-state index in [9.17, 15) is 9.59 Å². The van der Waals surface area contributed by atoms with Crippen LogP contribution in [0.25, 0.3) is 0 Å². The molecule has 1 aromatic carbocycles. The first-order valence-electron chi connectivity index (χ1n) is 16.4. The van der Waals surface area contributed by atoms with E-state index in [1.807, 2.05) is 13.8 Å². The number of unbranched alkanes of at least 4 members (excludes halogenated alkanes) is 12. The number of carbonyl (C=O) groups is 2. The van der Waals surface area contributed by atoms with Gasteiger partial charge in [-0.25, -0.2) is 4.79 Å². The Morgan fingerprint density at radius 3 is 1.86 bits per heavy atom. The zero-order valence-corrected chi connectivity index (χ0v) is 27.9. The highest BCUT2D eigenvalue weighted by molar-refractivity contribution is 6.07. The van der Waals surface area contributed by atoms with Crippen LogP contribution in [0.4, 0.5) is 11.4 Å². The van der Waals surface area contributed by atoms with Gasteiger partial charge in [0.1, 0.15) is 11.7 Å². The van der Waals surface area contributed by atoms with Gasteiger partial charge in [0.05, 0.1) is 31.6 Å². The smallest absolute Gasteiger partial charge is 0.336 e. The summed E-state index contributed by atoms with van der Waals surface area (Å²) in [5, 5.41) is 0. The molecule has 0 spiro atoms. The summed E-state index contributed by atoms with van der Waals surface area (Å²) in [6.45, 7) is 9.62. The number of rotatable bonds is 19. The SMILES string of the molecule is CCCCCCCCCCCCCCCc1c(N)cc(N)c(OC(C)C)c1C1C(C(=O)OC)=C(C)N=C(C)C1C(=O)OC. The third-order valence-corrected chi connectivity index (χ3v) is 8.37. The molecule has 0 fully saturated rings. The van der Waals surface area contributed by atoms with Crippen molar-refractivity contribution in [1.29, 1.82) is 0 Å². The molecule has 43 heavy (non-hydrogen) atoms. The van der Waals surface area contributed by atoms with Gasteiger partial charge in [0.2, 0.25) is 0 Å². The Balaban J connectivity index is 2.29. The van der Waals surface area contributed by atoms with E-state index in [0.29, 0.717) is 40.5 Å². The third-order valence-electron chi connectivity index (χ3n) is 8.37. The van der Waals surface area contributed by atoms with Crippen molar-refractivity contribution in [3.63, 3.8) is 0 Å². The summed E-state index contributed by atoms with van der Waals surface area (Å²) in [6, 6.07) is 1.73. The predicted octanol–water partition coefficient (Wildman–Crippen LogP) is 8.07. The van der Waals surface area contributed by atoms with E-state index in [1.54, 1.807) is 19.9 Å². The first-order chi connectivity index (χ1) is 20.6. The molecule has 1 aliphatic rings. The first kappa shape index (κ1) is 36.2. The fraction of sp³-hybridized carbons (Fsp3) is 0.686. The molecule has 0 aliphatic carbocycles. The quantitative estimate of drug-likeness (QED) is 0.0935. The minimum absolute atomic E-state index is 0.199. The molecule has 4 N–H and O–H groups in total. The Kier molecular flexibility index (Phi) is 15.6. The summed E-state index contributed by atoms with van der Waals surface area (Å²) in [5.74, 6) is -2.24. The van der Waals surface area contributed by atoms with Crippen LogP contribution in [-0.2, 0) is 25.5 Å². The minimum atomic E-state index is -0.857. The number of nitrogen functional groups attached to an aromatic ring is 2. The van der Waals surface area contributed by atoms with Gasteiger partial charge in [0.15, 0.2) is 0 Å². The lowest BCUT2D eigenvalue weighted by Crippen LogP contribution is -2.37. The molecule has 2 rings (SSSR count). The van der Waals surface area contributed by atoms with E-state index < -0.39 is 23.8 Å². The van der Waals surface area contributed by atoms with E-state index >= 15 is 0 Å². The fourth-order valence-corrected chi connectivity index (χ4v) is 6.22. The van der Waals surface area contributed by atoms with Gasteiger partial charge in [-0.1, -0.05) is 84.0 Å². The summed E-state index contributed by atoms with van der Waals surface area (Å²) >= 11 is 0. The molecule has 0 bridgehead atoms. The highest BCUT2D eigenvalue weighted by Gasteiger charge is 2.45. The molecule has 1 aromatic rings. The van der Waals surface area contributed by atoms with Crippen molar-refractivity contribution in [3.05, 3.63) is 28.5 Å². The van der Waals surface area contributed by atoms with Crippen LogP contribution in [0.3, 0.4) is 0 Å². The van der Waals surface area contributed by atoms with E-state index in [0.717, 1.165) is 24.8 Å². The van der Waals surface area contributed by atoms with E-state index in [-0.39, 0.29) is 11.7 Å². The van der Waals surface area contributed by atoms with Crippen molar-refractivity contribution in [1.82, 2.24) is 0 Å². The molecule has 0 amide bonds. The summed E-state index contributed by atoms with van der Waals surface area (Å²) in [5.41, 5.74) is 16.8. The van der Waals surface area contributed by atoms with Gasteiger partial charge in [0, 0.05) is 28.6 Å². The highest BCUT2D eigenvalue weighted by Crippen LogP contribution is 2.49. The van der Waals surface area contributed by atoms with Crippen molar-refractivity contribution in [2.24, 2.45) is 10.9 Å². The second-order valence-corrected chi connectivity index (χ2v) is 12.2. The number of nitrogens with two attached hydrogens (primary N) is 2. The maximum atomic E-state index is 13.2. The molecule has 0 aromatic heterocycles. The maximum absolute atomic E-state index is 13.2. The second-order valence-electron chi connectivity index (χ2n) is 12.2. The number of carbonyl (C=O) groups excluding carboxylic acids is 2. The van der Waals surface area contributed by atoms with Gasteiger partial charge in [-0.2, -0.15) is 0 Å². The molecule has 1 aliphatic heterocycles. The number of allylic oxidation sites excluding steroid dienone is 1. The van der Waals surface area contributed by atoms with Gasteiger partial charge in [-0.3, -0.25) is 9.79 Å². The van der Waals surface area contributed by atoms with Crippen LogP contribution < -0.4 is 16.2 Å². The zero-order chi connectivity index (χ0) is 31.9. The number of hydrogen-bond acceptors (Lipinski definition) is 8. The van der Waals surface area contributed by atoms with Crippen molar-refractivity contribution in [2.75, 3.05) is 25.7 Å². The number of aliphatic imine (C=N–C) groups is 1. The number of anilines is 2. The van der Waals surface area contributed by atoms with Crippen LogP contribution in [0.1, 0.15) is 135 Å². The number of hydrogen-bond donors (Lipinski definition) is 2. The molecule has 8 heteroatoms. The molecule has 2 unspecified atom stereocenters. The van der Waals surface area contributed by atoms with Crippen molar-refractivity contribution < 1.29 is 23.8 Å². The number of esters is 2. The standard InChI is InChI=1S/C35H57N3O5/c1-8-9-10-11-12-13-14-15-16-17-18-19-20-21-26-27(36)22-28(37)33(43-23(2)3)31(26)32-29(34(39)41-6)24(4)38-25(5)30(32)35(40)42-7/h22-23,29,32H,8-21,36-37H2,1-7H3. The fourth-order valence-electron chi connectivity index (χ4n) is 6.22. The highest BCUT2D eigenvalue weighted by atomic mass is 16.5. The number of benzene rings is 1. The number of ether oxygens (including phenoxy) is 3. The molecular formula is C35H57N3O5. The number of nitrogens with zero attached hydrogens (tertiary/aromatic N) is 1. The summed E-state index contributed by atoms with van der Waals surface area (Å²) in [7, 11) is 2.66. The minimum Gasteiger partial charge on any atom is -0.489 e. The van der Waals surface area contributed by atoms with E-state index in [1.165, 1.54) is 78.4 Å². The monoisotopic (exact) mass is 599 g/mol. The van der Waals surface area contributed by atoms with Gasteiger partial charge in [0.25, 0.3) is 0 Å². The molecule has 1 heterocycles. The molecule has 0 saturated carbocycles. The predicted molar refractivity (Wildman–Crippen MR) is 177 cm³/mol. The first-order valence-corrected chi connectivity index (χ1v) is 16.4. The van der Waals surface area contributed by atoms with Gasteiger partial charge < -0.3 is 25.7 Å². The third kappa shape index (κ3) is 10.3. The number of methoxy groups -OCH3 is 2. The lowest BCUT2D eigenvalue weighted by molar-refractivity contribution is -0.143. The molecule has 0 saturated heterocycles. The van der Waals surface area contributed by atoms with Gasteiger partial charge >= 0.3 is 11.9 Å². The average Bonchev–Trinajstić information content (AvgIpc) is 2.96. The van der Waals surface area contributed by atoms with Crippen molar-refractivity contribution >= 4 is 29.0 Å². The topological polar surface area (TPSA) is 126 Å². The zero-order valence-electron chi connectivity index (χ0n) is 27.9. The van der Waals surface area contributed by atoms with Crippen LogP contribution in [0.5, 0.6) is 5.75 Å². The summed E-state index contributed by atoms with van der Waals surface area (Å²) in [6.07, 6.45) is 16.8. The van der Waals surface area contributed by atoms with Gasteiger partial charge in [-0.15, -0.1) is 0 Å². The van der Waals surface area contributed by atoms with E-state index in [2.05, 4.69) is 11.9 Å². The van der Waals surface area contributed by atoms with Crippen LogP contribution in [0.15, 0.2) is 22.3 Å². The molecular weight excluding hydrogens is 542 g/mol. The summed E-state index contributed by atoms with van der Waals surface area (Å²) < 4.78 is 16.7. The van der Waals surface area contributed by atoms with Crippen LogP contribution >= 0.6 is 0 Å². The van der Waals surface area contributed by atoms with Crippen molar-refractivity contribution in [3.8, 4) is 5.75 Å². The molecule has 8 nitrogen and oxygen atoms in total. The largest absolute Gasteiger partial charge is 0.489 e. The van der Waals surface area contributed by atoms with Crippen LogP contribution in [0.2, 0.25) is 0 Å². The Bertz CT molecular complexity index is 1120. The van der Waals surface area contributed by atoms with Crippen LogP contribution in [0, 0.1) is 5.92 Å². The average molecular weight is 600 g/mol. The second kappa shape index (κ2) is 18.6. The Morgan fingerprint density at radius 1 is 0.837 bits per heavy atom. The maximum Gasteiger partial charge on any atom is 0.336 e. The Labute approximate surface area is 260 Å².